The number of hydrogen-bond donors (Lipinski definition) is 1. The molecule has 15 heavy (non-hydrogen) atoms. The first-order valence-corrected chi connectivity index (χ1v) is 5.23. The quantitative estimate of drug-likeness (QED) is 0.750. The van der Waals surface area contributed by atoms with Crippen molar-refractivity contribution in [1.29, 1.82) is 0 Å². The Hall–Kier alpha value is -1.22. The Bertz CT molecular complexity index is 316. The predicted octanol–water partition coefficient (Wildman–Crippen LogP) is 2.40. The number of allylic oxidation sites excluding steroid dienone is 1. The van der Waals surface area contributed by atoms with Crippen molar-refractivity contribution in [1.82, 2.24) is 15.3 Å². The Balaban J connectivity index is 2.65. The molecule has 0 fully saturated rings. The summed E-state index contributed by atoms with van der Waals surface area (Å²) in [7, 11) is 1.94. The highest BCUT2D eigenvalue weighted by atomic mass is 15.0. The lowest BCUT2D eigenvalue weighted by atomic mass is 10.1. The van der Waals surface area contributed by atoms with Gasteiger partial charge in [-0.3, -0.25) is 0 Å². The van der Waals surface area contributed by atoms with Crippen molar-refractivity contribution in [3.63, 3.8) is 0 Å². The molecule has 0 aliphatic carbocycles. The smallest absolute Gasteiger partial charge is 0.145 e. The summed E-state index contributed by atoms with van der Waals surface area (Å²) in [6.07, 6.45) is 5.71. The molecular weight excluding hydrogens is 186 g/mol. The highest BCUT2D eigenvalue weighted by molar-refractivity contribution is 5.05. The van der Waals surface area contributed by atoms with Crippen molar-refractivity contribution >= 4 is 0 Å². The Morgan fingerprint density at radius 3 is 2.53 bits per heavy atom. The minimum atomic E-state index is 0.224. The van der Waals surface area contributed by atoms with Crippen LogP contribution in [0.1, 0.15) is 37.2 Å². The average Bonchev–Trinajstić information content (AvgIpc) is 2.21. The van der Waals surface area contributed by atoms with E-state index in [0.717, 1.165) is 24.2 Å². The normalized spacial score (nSPS) is 12.5. The molecule has 1 unspecified atom stereocenters. The number of aromatic nitrogens is 2. The molecule has 0 aromatic carbocycles. The van der Waals surface area contributed by atoms with Gasteiger partial charge in [0.05, 0.1) is 6.04 Å². The van der Waals surface area contributed by atoms with Crippen LogP contribution < -0.4 is 5.32 Å². The van der Waals surface area contributed by atoms with Crippen molar-refractivity contribution < 1.29 is 0 Å². The Labute approximate surface area is 91.7 Å². The Morgan fingerprint density at radius 1 is 1.47 bits per heavy atom. The van der Waals surface area contributed by atoms with Gasteiger partial charge < -0.3 is 5.32 Å². The second-order valence-electron chi connectivity index (χ2n) is 3.96. The molecule has 0 saturated carbocycles. The van der Waals surface area contributed by atoms with E-state index < -0.39 is 0 Å². The fraction of sp³-hybridized carbons (Fsp3) is 0.500. The summed E-state index contributed by atoms with van der Waals surface area (Å²) in [6, 6.07) is 0.224. The van der Waals surface area contributed by atoms with Gasteiger partial charge in [0.15, 0.2) is 0 Å². The van der Waals surface area contributed by atoms with Gasteiger partial charge in [-0.2, -0.15) is 0 Å². The third kappa shape index (κ3) is 3.80. The van der Waals surface area contributed by atoms with Crippen molar-refractivity contribution in [2.75, 3.05) is 7.05 Å². The minimum Gasteiger partial charge on any atom is -0.310 e. The van der Waals surface area contributed by atoms with Gasteiger partial charge in [0.2, 0.25) is 0 Å². The number of rotatable bonds is 5. The number of nitrogens with zero attached hydrogens (tertiary/aromatic N) is 2. The number of hydrogen-bond acceptors (Lipinski definition) is 3. The summed E-state index contributed by atoms with van der Waals surface area (Å²) in [5.41, 5.74) is 2.29. The van der Waals surface area contributed by atoms with Crippen LogP contribution in [0, 0.1) is 6.92 Å². The van der Waals surface area contributed by atoms with Crippen molar-refractivity contribution in [3.8, 4) is 0 Å². The molecule has 0 amide bonds. The molecule has 3 heteroatoms. The van der Waals surface area contributed by atoms with E-state index in [4.69, 9.17) is 0 Å². The lowest BCUT2D eigenvalue weighted by Gasteiger charge is -2.14. The molecular formula is C12H19N3. The van der Waals surface area contributed by atoms with E-state index in [1.54, 1.807) is 0 Å². The van der Waals surface area contributed by atoms with Crippen LogP contribution in [0.4, 0.5) is 0 Å². The first kappa shape index (κ1) is 11.9. The standard InChI is InChI=1S/C12H19N3/c1-9(2)5-6-11(13-4)12-14-7-10(3)8-15-12/h7-8,11,13H,1,5-6H2,2-4H3. The zero-order valence-corrected chi connectivity index (χ0v) is 9.75. The lowest BCUT2D eigenvalue weighted by molar-refractivity contribution is 0.519. The molecule has 82 valence electrons. The first-order valence-electron chi connectivity index (χ1n) is 5.23. The van der Waals surface area contributed by atoms with Crippen LogP contribution in [0.15, 0.2) is 24.5 Å². The summed E-state index contributed by atoms with van der Waals surface area (Å²) >= 11 is 0. The van der Waals surface area contributed by atoms with Gasteiger partial charge in [0.1, 0.15) is 5.82 Å². The van der Waals surface area contributed by atoms with Crippen LogP contribution in [0.3, 0.4) is 0 Å². The fourth-order valence-electron chi connectivity index (χ4n) is 1.38. The Kier molecular flexibility index (Phi) is 4.43. The molecule has 3 nitrogen and oxygen atoms in total. The van der Waals surface area contributed by atoms with Crippen LogP contribution in [0.2, 0.25) is 0 Å². The van der Waals surface area contributed by atoms with Crippen LogP contribution in [0.5, 0.6) is 0 Å². The monoisotopic (exact) mass is 205 g/mol. The molecule has 1 atom stereocenters. The maximum Gasteiger partial charge on any atom is 0.145 e. The molecule has 0 aliphatic rings. The van der Waals surface area contributed by atoms with E-state index in [1.165, 1.54) is 5.57 Å². The first-order chi connectivity index (χ1) is 7.13. The van der Waals surface area contributed by atoms with E-state index in [2.05, 4.69) is 21.9 Å². The largest absolute Gasteiger partial charge is 0.310 e. The number of aryl methyl sites for hydroxylation is 1. The summed E-state index contributed by atoms with van der Waals surface area (Å²) < 4.78 is 0. The lowest BCUT2D eigenvalue weighted by Crippen LogP contribution is -2.19. The molecule has 0 bridgehead atoms. The summed E-state index contributed by atoms with van der Waals surface area (Å²) in [5.74, 6) is 0.865. The Morgan fingerprint density at radius 2 is 2.07 bits per heavy atom. The zero-order chi connectivity index (χ0) is 11.3. The van der Waals surface area contributed by atoms with Crippen molar-refractivity contribution in [3.05, 3.63) is 35.9 Å². The van der Waals surface area contributed by atoms with Gasteiger partial charge in [-0.1, -0.05) is 5.57 Å². The van der Waals surface area contributed by atoms with E-state index in [1.807, 2.05) is 33.3 Å². The van der Waals surface area contributed by atoms with E-state index in [9.17, 15) is 0 Å². The van der Waals surface area contributed by atoms with Crippen LogP contribution in [0.25, 0.3) is 0 Å². The second-order valence-corrected chi connectivity index (χ2v) is 3.96. The molecule has 0 radical (unpaired) electrons. The van der Waals surface area contributed by atoms with E-state index in [0.29, 0.717) is 0 Å². The number of nitrogens with one attached hydrogen (secondary N) is 1. The fourth-order valence-corrected chi connectivity index (χ4v) is 1.38. The molecule has 1 N–H and O–H groups in total. The maximum absolute atomic E-state index is 4.32. The van der Waals surface area contributed by atoms with Gasteiger partial charge in [0.25, 0.3) is 0 Å². The molecule has 0 saturated heterocycles. The minimum absolute atomic E-state index is 0.224. The van der Waals surface area contributed by atoms with Gasteiger partial charge in [-0.25, -0.2) is 9.97 Å². The molecule has 1 rings (SSSR count). The van der Waals surface area contributed by atoms with E-state index in [-0.39, 0.29) is 6.04 Å². The van der Waals surface area contributed by atoms with Gasteiger partial charge in [0, 0.05) is 12.4 Å². The van der Waals surface area contributed by atoms with Crippen LogP contribution in [-0.4, -0.2) is 17.0 Å². The zero-order valence-electron chi connectivity index (χ0n) is 9.75. The van der Waals surface area contributed by atoms with E-state index >= 15 is 0 Å². The van der Waals surface area contributed by atoms with Crippen molar-refractivity contribution in [2.24, 2.45) is 0 Å². The highest BCUT2D eigenvalue weighted by Gasteiger charge is 2.11. The predicted molar refractivity (Wildman–Crippen MR) is 62.6 cm³/mol. The molecule has 1 heterocycles. The molecule has 1 aromatic rings. The third-order valence-corrected chi connectivity index (χ3v) is 2.32. The second kappa shape index (κ2) is 5.61. The summed E-state index contributed by atoms with van der Waals surface area (Å²) in [6.45, 7) is 7.94. The SMILES string of the molecule is C=C(C)CCC(NC)c1ncc(C)cn1. The average molecular weight is 205 g/mol. The van der Waals surface area contributed by atoms with Crippen LogP contribution in [-0.2, 0) is 0 Å². The molecule has 0 spiro atoms. The summed E-state index contributed by atoms with van der Waals surface area (Å²) in [4.78, 5) is 8.65. The summed E-state index contributed by atoms with van der Waals surface area (Å²) in [5, 5.41) is 3.23. The highest BCUT2D eigenvalue weighted by Crippen LogP contribution is 2.16. The molecule has 0 aliphatic heterocycles. The van der Waals surface area contributed by atoms with Gasteiger partial charge in [-0.05, 0) is 39.3 Å². The molecule has 1 aromatic heterocycles. The van der Waals surface area contributed by atoms with Gasteiger partial charge >= 0.3 is 0 Å². The van der Waals surface area contributed by atoms with Crippen LogP contribution >= 0.6 is 0 Å². The third-order valence-electron chi connectivity index (χ3n) is 2.32. The topological polar surface area (TPSA) is 37.8 Å². The van der Waals surface area contributed by atoms with Crippen molar-refractivity contribution in [2.45, 2.75) is 32.7 Å². The maximum atomic E-state index is 4.32. The van der Waals surface area contributed by atoms with Gasteiger partial charge in [-0.15, -0.1) is 6.58 Å².